The van der Waals surface area contributed by atoms with Crippen molar-refractivity contribution in [3.05, 3.63) is 24.4 Å². The Bertz CT molecular complexity index is 957. The molecule has 1 aromatic rings. The lowest BCUT2D eigenvalue weighted by atomic mass is 10.1. The average molecular weight is 506 g/mol. The lowest BCUT2D eigenvalue weighted by Crippen LogP contribution is -2.45. The molecule has 0 bridgehead atoms. The maximum absolute atomic E-state index is 12.9. The zero-order valence-corrected chi connectivity index (χ0v) is 19.8. The summed E-state index contributed by atoms with van der Waals surface area (Å²) in [6.07, 6.45) is 2.24. The Labute approximate surface area is 193 Å². The normalized spacial score (nSPS) is 17.3. The highest BCUT2D eigenvalue weighted by atomic mass is 33.1. The Morgan fingerprint density at radius 3 is 2.59 bits per heavy atom. The summed E-state index contributed by atoms with van der Waals surface area (Å²) in [6, 6.07) is 4.08. The molecule has 11 nitrogen and oxygen atoms in total. The first-order chi connectivity index (χ1) is 15.1. The van der Waals surface area contributed by atoms with Crippen LogP contribution in [0.4, 0.5) is 0 Å². The van der Waals surface area contributed by atoms with Crippen molar-refractivity contribution in [3.63, 3.8) is 0 Å². The predicted octanol–water partition coefficient (Wildman–Crippen LogP) is 2.01. The van der Waals surface area contributed by atoms with Gasteiger partial charge < -0.3 is 4.84 Å². The van der Waals surface area contributed by atoms with Crippen molar-refractivity contribution in [2.24, 2.45) is 0 Å². The van der Waals surface area contributed by atoms with E-state index in [0.29, 0.717) is 17.9 Å². The van der Waals surface area contributed by atoms with Gasteiger partial charge in [0, 0.05) is 23.6 Å². The Morgan fingerprint density at radius 2 is 2.06 bits per heavy atom. The van der Waals surface area contributed by atoms with Crippen LogP contribution in [0, 0.1) is 0 Å². The fourth-order valence-corrected chi connectivity index (χ4v) is 5.62. The first kappa shape index (κ1) is 26.1. The van der Waals surface area contributed by atoms with Crippen LogP contribution < -0.4 is 0 Å². The van der Waals surface area contributed by atoms with Crippen molar-refractivity contribution in [2.45, 2.75) is 62.3 Å². The molecule has 2 unspecified atom stereocenters. The molecule has 3 amide bonds. The molecular formula is C18H23N3O8S3. The fraction of sp³-hybridized carbons (Fsp3) is 0.500. The molecule has 1 aliphatic rings. The van der Waals surface area contributed by atoms with Gasteiger partial charge in [-0.15, -0.1) is 5.06 Å². The molecule has 14 heteroatoms. The molecule has 1 aromatic heterocycles. The number of hydrogen-bond donors (Lipinski definition) is 1. The average Bonchev–Trinajstić information content (AvgIpc) is 3.04. The van der Waals surface area contributed by atoms with E-state index < -0.39 is 45.6 Å². The van der Waals surface area contributed by atoms with Crippen molar-refractivity contribution in [1.29, 1.82) is 0 Å². The van der Waals surface area contributed by atoms with Gasteiger partial charge in [-0.25, -0.2) is 9.78 Å². The molecule has 2 heterocycles. The molecule has 0 aromatic carbocycles. The molecule has 2 rings (SSSR count). The van der Waals surface area contributed by atoms with E-state index in [-0.39, 0.29) is 23.8 Å². The third kappa shape index (κ3) is 6.67. The lowest BCUT2D eigenvalue weighted by molar-refractivity contribution is -0.200. The Kier molecular flexibility index (Phi) is 9.48. The van der Waals surface area contributed by atoms with E-state index in [4.69, 9.17) is 9.39 Å². The smallest absolute Gasteiger partial charge is 0.328 e. The molecule has 0 saturated carbocycles. The van der Waals surface area contributed by atoms with Gasteiger partial charge in [0.2, 0.25) is 5.91 Å². The number of carbonyl (C=O) groups is 4. The third-order valence-corrected chi connectivity index (χ3v) is 7.79. The molecule has 1 aliphatic heterocycles. The minimum absolute atomic E-state index is 0.0465. The maximum atomic E-state index is 12.9. The van der Waals surface area contributed by atoms with Gasteiger partial charge in [0.15, 0.2) is 5.25 Å². The van der Waals surface area contributed by atoms with E-state index in [9.17, 15) is 27.6 Å². The van der Waals surface area contributed by atoms with Crippen molar-refractivity contribution < 1.29 is 37.0 Å². The van der Waals surface area contributed by atoms with Gasteiger partial charge >= 0.3 is 5.97 Å². The number of imide groups is 1. The SMILES string of the molecule is CCCCC(C(=O)ON1C(=O)CC(S(=O)(=O)O)C1=O)N(SSc1ccccn1)C(=O)CC. The number of hydrogen-bond acceptors (Lipinski definition) is 10. The Balaban J connectivity index is 2.22. The minimum Gasteiger partial charge on any atom is -0.328 e. The van der Waals surface area contributed by atoms with E-state index in [1.54, 1.807) is 31.3 Å². The summed E-state index contributed by atoms with van der Waals surface area (Å²) in [7, 11) is -2.73. The van der Waals surface area contributed by atoms with Crippen LogP contribution in [0.15, 0.2) is 29.4 Å². The molecule has 32 heavy (non-hydrogen) atoms. The molecule has 1 fully saturated rings. The highest BCUT2D eigenvalue weighted by molar-refractivity contribution is 8.75. The number of rotatable bonds is 11. The number of nitrogens with zero attached hydrogens (tertiary/aromatic N) is 3. The number of hydroxylamine groups is 2. The number of aromatic nitrogens is 1. The first-order valence-electron chi connectivity index (χ1n) is 9.72. The predicted molar refractivity (Wildman–Crippen MR) is 116 cm³/mol. The first-order valence-corrected chi connectivity index (χ1v) is 13.3. The molecule has 1 saturated heterocycles. The monoisotopic (exact) mass is 505 g/mol. The fourth-order valence-electron chi connectivity index (χ4n) is 2.69. The molecule has 0 spiro atoms. The van der Waals surface area contributed by atoms with Gasteiger partial charge in [0.25, 0.3) is 21.9 Å². The summed E-state index contributed by atoms with van der Waals surface area (Å²) < 4.78 is 32.9. The maximum Gasteiger partial charge on any atom is 0.356 e. The van der Waals surface area contributed by atoms with Crippen LogP contribution in [0.2, 0.25) is 0 Å². The van der Waals surface area contributed by atoms with Crippen LogP contribution in [-0.4, -0.2) is 62.3 Å². The quantitative estimate of drug-likeness (QED) is 0.203. The number of unbranched alkanes of at least 4 members (excludes halogenated alkanes) is 1. The van der Waals surface area contributed by atoms with Crippen LogP contribution in [0.3, 0.4) is 0 Å². The highest BCUT2D eigenvalue weighted by Crippen LogP contribution is 2.36. The van der Waals surface area contributed by atoms with E-state index in [0.717, 1.165) is 21.8 Å². The summed E-state index contributed by atoms with van der Waals surface area (Å²) in [4.78, 5) is 58.8. The molecular weight excluding hydrogens is 482 g/mol. The number of amides is 3. The Hall–Kier alpha value is -2.16. The van der Waals surface area contributed by atoms with Crippen molar-refractivity contribution in [3.8, 4) is 0 Å². The molecule has 1 N–H and O–H groups in total. The summed E-state index contributed by atoms with van der Waals surface area (Å²) in [5.41, 5.74) is 0. The summed E-state index contributed by atoms with van der Waals surface area (Å²) in [5.74, 6) is -3.88. The highest BCUT2D eigenvalue weighted by Gasteiger charge is 2.49. The van der Waals surface area contributed by atoms with Crippen LogP contribution in [0.5, 0.6) is 0 Å². The van der Waals surface area contributed by atoms with E-state index in [2.05, 4.69) is 4.98 Å². The van der Waals surface area contributed by atoms with Crippen molar-refractivity contribution in [2.75, 3.05) is 0 Å². The standard InChI is InChI=1S/C18H23N3O8S3/c1-3-5-8-12(21(15(22)4-2)31-30-14-9-6-7-10-19-14)18(25)29-20-16(23)11-13(17(20)24)32(26,27)28/h6-7,9-10,12-13H,3-5,8,11H2,1-2H3,(H,26,27,28). The second kappa shape index (κ2) is 11.6. The van der Waals surface area contributed by atoms with Crippen LogP contribution in [0.25, 0.3) is 0 Å². The Morgan fingerprint density at radius 1 is 1.34 bits per heavy atom. The van der Waals surface area contributed by atoms with Gasteiger partial charge in [0.05, 0.1) is 6.42 Å². The van der Waals surface area contributed by atoms with E-state index in [1.165, 1.54) is 4.31 Å². The molecule has 176 valence electrons. The molecule has 0 radical (unpaired) electrons. The zero-order chi connectivity index (χ0) is 23.9. The van der Waals surface area contributed by atoms with E-state index >= 15 is 0 Å². The van der Waals surface area contributed by atoms with Gasteiger partial charge in [-0.05, 0) is 29.3 Å². The number of pyridine rings is 1. The number of carbonyl (C=O) groups excluding carboxylic acids is 4. The van der Waals surface area contributed by atoms with Crippen LogP contribution in [0.1, 0.15) is 46.0 Å². The van der Waals surface area contributed by atoms with Crippen molar-refractivity contribution >= 4 is 55.6 Å². The zero-order valence-electron chi connectivity index (χ0n) is 17.4. The van der Waals surface area contributed by atoms with Gasteiger partial charge in [-0.2, -0.15) is 8.42 Å². The van der Waals surface area contributed by atoms with E-state index in [1.807, 2.05) is 6.92 Å². The molecule has 0 aliphatic carbocycles. The van der Waals surface area contributed by atoms with Gasteiger partial charge in [0.1, 0.15) is 11.1 Å². The summed E-state index contributed by atoms with van der Waals surface area (Å²) >= 11 is 0. The van der Waals surface area contributed by atoms with Crippen LogP contribution in [-0.2, 0) is 34.1 Å². The lowest BCUT2D eigenvalue weighted by Gasteiger charge is -2.28. The third-order valence-electron chi connectivity index (χ3n) is 4.38. The second-order valence-electron chi connectivity index (χ2n) is 6.70. The van der Waals surface area contributed by atoms with Crippen LogP contribution >= 0.6 is 21.8 Å². The second-order valence-corrected chi connectivity index (χ2v) is 10.4. The summed E-state index contributed by atoms with van der Waals surface area (Å²) in [5, 5.41) is -1.39. The van der Waals surface area contributed by atoms with Gasteiger partial charge in [-0.3, -0.25) is 23.2 Å². The van der Waals surface area contributed by atoms with Crippen molar-refractivity contribution in [1.82, 2.24) is 14.4 Å². The van der Waals surface area contributed by atoms with Gasteiger partial charge in [-0.1, -0.05) is 32.8 Å². The minimum atomic E-state index is -4.84. The molecule has 2 atom stereocenters. The summed E-state index contributed by atoms with van der Waals surface area (Å²) in [6.45, 7) is 3.50. The largest absolute Gasteiger partial charge is 0.356 e. The topological polar surface area (TPSA) is 151 Å².